The fourth-order valence-corrected chi connectivity index (χ4v) is 3.57. The van der Waals surface area contributed by atoms with Gasteiger partial charge in [0.25, 0.3) is 0 Å². The van der Waals surface area contributed by atoms with E-state index in [1.807, 2.05) is 62.4 Å². The van der Waals surface area contributed by atoms with E-state index >= 15 is 0 Å². The second-order valence-corrected chi connectivity index (χ2v) is 9.55. The van der Waals surface area contributed by atoms with Gasteiger partial charge in [0.05, 0.1) is 45.7 Å². The van der Waals surface area contributed by atoms with Crippen LogP contribution >= 0.6 is 0 Å². The average Bonchev–Trinajstić information content (AvgIpc) is 3.02. The van der Waals surface area contributed by atoms with Crippen molar-refractivity contribution >= 4 is 28.8 Å². The first-order chi connectivity index (χ1) is 19.7. The molecule has 43 heavy (non-hydrogen) atoms. The Hall–Kier alpha value is -2.20. The first-order valence-corrected chi connectivity index (χ1v) is 13.6. The second-order valence-electron chi connectivity index (χ2n) is 9.55. The minimum Gasteiger partial charge on any atom is -1.00 e. The monoisotopic (exact) mass is 668 g/mol. The van der Waals surface area contributed by atoms with Gasteiger partial charge in [-0.1, -0.05) is 56.3 Å². The summed E-state index contributed by atoms with van der Waals surface area (Å²) in [7, 11) is 3.29. The number of aliphatic hydroxyl groups is 1. The molecule has 2 aromatic rings. The predicted molar refractivity (Wildman–Crippen MR) is 174 cm³/mol. The van der Waals surface area contributed by atoms with Crippen LogP contribution in [0.2, 0.25) is 0 Å². The fourth-order valence-electron chi connectivity index (χ4n) is 3.57. The first-order valence-electron chi connectivity index (χ1n) is 13.6. The largest absolute Gasteiger partial charge is 2.00 e. The Morgan fingerprint density at radius 2 is 1.16 bits per heavy atom. The smallest absolute Gasteiger partial charge is 1.00 e. The molecule has 0 amide bonds. The number of carbonyl (C=O) groups is 1. The summed E-state index contributed by atoms with van der Waals surface area (Å²) < 4.78 is 21.8. The molecule has 0 aliphatic carbocycles. The number of ether oxygens (including phenoxy) is 4. The summed E-state index contributed by atoms with van der Waals surface area (Å²) in [4.78, 5) is 11.2. The Bertz CT molecular complexity index is 1010. The topological polar surface area (TPSA) is 74.2 Å². The number of hydrogen-bond donors (Lipinski definition) is 1. The summed E-state index contributed by atoms with van der Waals surface area (Å²) in [6.07, 6.45) is 5.78. The van der Waals surface area contributed by atoms with E-state index in [4.69, 9.17) is 18.9 Å². The molecule has 2 rings (SSSR count). The van der Waals surface area contributed by atoms with Gasteiger partial charge in [-0.25, -0.2) is 0 Å². The van der Waals surface area contributed by atoms with E-state index < -0.39 is 6.10 Å². The van der Waals surface area contributed by atoms with Gasteiger partial charge in [0.1, 0.15) is 17.3 Å². The summed E-state index contributed by atoms with van der Waals surface area (Å²) in [5.74, 6) is 1.93. The van der Waals surface area contributed by atoms with Gasteiger partial charge in [0.2, 0.25) is 0 Å². The summed E-state index contributed by atoms with van der Waals surface area (Å²) in [5.41, 5.74) is 2.15. The van der Waals surface area contributed by atoms with Gasteiger partial charge in [-0.3, -0.25) is 11.4 Å². The van der Waals surface area contributed by atoms with Crippen LogP contribution in [0.15, 0.2) is 93.1 Å². The molecule has 0 aromatic heterocycles. The quantitative estimate of drug-likeness (QED) is 0.156. The van der Waals surface area contributed by atoms with Crippen LogP contribution in [0.4, 0.5) is 0 Å². The molecule has 8 heteroatoms. The van der Waals surface area contributed by atoms with Crippen LogP contribution < -0.4 is 26.5 Å². The van der Waals surface area contributed by atoms with Crippen molar-refractivity contribution in [2.24, 2.45) is 11.8 Å². The van der Waals surface area contributed by atoms with Crippen LogP contribution in [0.5, 0.6) is 11.5 Å². The van der Waals surface area contributed by atoms with Crippen molar-refractivity contribution in [3.05, 3.63) is 111 Å². The molecule has 0 spiro atoms. The summed E-state index contributed by atoms with van der Waals surface area (Å²) in [6, 6.07) is 15.5. The number of methoxy groups -OCH3 is 2. The third kappa shape index (κ3) is 19.6. The molecule has 0 radical (unpaired) electrons. The third-order valence-corrected chi connectivity index (χ3v) is 6.48. The molecule has 6 nitrogen and oxygen atoms in total. The number of halogens is 1. The number of carbonyl (C=O) groups excluding carboxylic acids is 1. The Balaban J connectivity index is -0.000000674. The van der Waals surface area contributed by atoms with Crippen molar-refractivity contribution in [1.82, 2.24) is 0 Å². The second kappa shape index (κ2) is 27.4. The van der Waals surface area contributed by atoms with Crippen molar-refractivity contribution in [3.8, 4) is 11.5 Å². The van der Waals surface area contributed by atoms with Gasteiger partial charge in [0.15, 0.2) is 0 Å². The average molecular weight is 670 g/mol. The van der Waals surface area contributed by atoms with Gasteiger partial charge in [-0.15, -0.1) is 19.7 Å². The van der Waals surface area contributed by atoms with Crippen molar-refractivity contribution < 1.29 is 45.8 Å². The zero-order chi connectivity index (χ0) is 31.2. The summed E-state index contributed by atoms with van der Waals surface area (Å²) in [5, 5.41) is 9.69. The molecule has 3 unspecified atom stereocenters. The summed E-state index contributed by atoms with van der Waals surface area (Å²) in [6.45, 7) is 24.6. The van der Waals surface area contributed by atoms with E-state index in [2.05, 4.69) is 32.9 Å². The maximum Gasteiger partial charge on any atom is 2.00 e. The van der Waals surface area contributed by atoms with Gasteiger partial charge in [0, 0.05) is 5.92 Å². The molecule has 234 valence electrons. The Labute approximate surface area is 286 Å². The van der Waals surface area contributed by atoms with Crippen LogP contribution in [0.3, 0.4) is 0 Å². The van der Waals surface area contributed by atoms with Gasteiger partial charge >= 0.3 is 23.1 Å². The molecule has 0 saturated carbocycles. The molecule has 0 aliphatic heterocycles. The molecule has 0 heterocycles. The van der Waals surface area contributed by atoms with Crippen molar-refractivity contribution in [1.29, 1.82) is 0 Å². The Morgan fingerprint density at radius 3 is 1.47 bits per heavy atom. The Morgan fingerprint density at radius 1 is 0.791 bits per heavy atom. The SMILES string of the molecule is C=CC(O)C(C)C[C@@H](C=C)OCc1ccc(OC)cc1.C=C[C@H](CC(C)C(C)=O)OCc1ccc(OC)cc1.[Br-].[CH-]=C.[Mg+2]. The van der Waals surface area contributed by atoms with E-state index in [1.165, 1.54) is 0 Å². The van der Waals surface area contributed by atoms with E-state index in [-0.39, 0.29) is 69.9 Å². The van der Waals surface area contributed by atoms with E-state index in [9.17, 15) is 9.90 Å². The van der Waals surface area contributed by atoms with Crippen molar-refractivity contribution in [2.45, 2.75) is 65.1 Å². The van der Waals surface area contributed by atoms with E-state index in [0.29, 0.717) is 26.1 Å². The number of Topliss-reactive ketones (excluding diaryl/α,β-unsaturated/α-hetero) is 1. The third-order valence-electron chi connectivity index (χ3n) is 6.48. The molecule has 0 bridgehead atoms. The predicted octanol–water partition coefficient (Wildman–Crippen LogP) is 3.95. The Kier molecular flexibility index (Phi) is 28.8. The normalized spacial score (nSPS) is 13.2. The molecule has 2 aromatic carbocycles. The van der Waals surface area contributed by atoms with Gasteiger partial charge < -0.3 is 47.6 Å². The van der Waals surface area contributed by atoms with E-state index in [0.717, 1.165) is 22.6 Å². The molecule has 0 aliphatic rings. The van der Waals surface area contributed by atoms with Gasteiger partial charge in [-0.05, 0) is 61.1 Å². The minimum atomic E-state index is -0.512. The standard InChI is InChI=1S/C17H24O3.C16H22O3.C2H3.BrH.Mg/c1-5-15(11-13(3)17(18)6-2)20-12-14-7-9-16(19-4)10-8-14;1-5-15(10-12(2)13(3)17)19-11-14-6-8-16(18-4)9-7-14;1-2;;/h5-10,13,15,17-18H,1-2,11-12H2,3-4H3;5-9,12,15H,1,10-11H2,2-4H3;1H,2H2;1H;/q;;-1;;+2/p-1/t13?,15-,17?;12?,15-;;;/m11.../s1. The zero-order valence-corrected chi connectivity index (χ0v) is 29.5. The molecule has 0 saturated heterocycles. The fraction of sp³-hybridized carbons (Fsp3) is 0.400. The van der Waals surface area contributed by atoms with Gasteiger partial charge in [-0.2, -0.15) is 0 Å². The maximum atomic E-state index is 11.2. The molecular weight excluding hydrogens is 621 g/mol. The molecule has 1 N–H and O–H groups in total. The maximum absolute atomic E-state index is 11.2. The van der Waals surface area contributed by atoms with Crippen molar-refractivity contribution in [2.75, 3.05) is 14.2 Å². The van der Waals surface area contributed by atoms with Crippen LogP contribution in [-0.4, -0.2) is 66.5 Å². The molecule has 0 fully saturated rings. The molecular formula is C35H49BrMgO6. The van der Waals surface area contributed by atoms with Crippen LogP contribution in [0.1, 0.15) is 44.7 Å². The first kappa shape index (κ1) is 45.2. The van der Waals surface area contributed by atoms with Crippen LogP contribution in [0, 0.1) is 18.4 Å². The van der Waals surface area contributed by atoms with Crippen molar-refractivity contribution in [3.63, 3.8) is 0 Å². The molecule has 5 atom stereocenters. The number of benzene rings is 2. The van der Waals surface area contributed by atoms with Crippen LogP contribution in [-0.2, 0) is 27.5 Å². The minimum absolute atomic E-state index is 0. The van der Waals surface area contributed by atoms with E-state index in [1.54, 1.807) is 39.4 Å². The number of ketones is 1. The number of rotatable bonds is 17. The number of aliphatic hydroxyl groups excluding tert-OH is 1. The summed E-state index contributed by atoms with van der Waals surface area (Å²) >= 11 is 0. The number of hydrogen-bond acceptors (Lipinski definition) is 6. The van der Waals surface area contributed by atoms with Crippen LogP contribution in [0.25, 0.3) is 0 Å². The zero-order valence-electron chi connectivity index (χ0n) is 26.5.